The molecule has 1 aliphatic rings. The average molecular weight is 209 g/mol. The minimum absolute atomic E-state index is 0.114. The maximum absolute atomic E-state index is 12.5. The largest absolute Gasteiger partial charge is 0.454 e. The summed E-state index contributed by atoms with van der Waals surface area (Å²) in [6.07, 6.45) is 1.43. The Hall–Kier alpha value is -1.87. The molecule has 0 aromatic heterocycles. The molecule has 1 heterocycles. The fraction of sp³-hybridized carbons (Fsp3) is 0.300. The van der Waals surface area contributed by atoms with Crippen LogP contribution in [0, 0.1) is 0 Å². The number of benzene rings is 1. The van der Waals surface area contributed by atoms with Crippen LogP contribution in [0.5, 0.6) is 11.5 Å². The molecule has 0 saturated carbocycles. The van der Waals surface area contributed by atoms with Crippen molar-refractivity contribution >= 4 is 6.08 Å². The molecule has 0 fully saturated rings. The fourth-order valence-electron chi connectivity index (χ4n) is 1.46. The molecule has 1 aromatic rings. The van der Waals surface area contributed by atoms with E-state index in [0.29, 0.717) is 22.6 Å². The highest BCUT2D eigenvalue weighted by Gasteiger charge is 2.18. The summed E-state index contributed by atoms with van der Waals surface area (Å²) in [7, 11) is 0. The monoisotopic (exact) mass is 209 g/mol. The molecular weight excluding hydrogens is 201 g/mol. The van der Waals surface area contributed by atoms with Crippen LogP contribution < -0.4 is 9.47 Å². The molecule has 1 aliphatic heterocycles. The molecule has 5 heteroatoms. The van der Waals surface area contributed by atoms with Gasteiger partial charge in [0.25, 0.3) is 0 Å². The van der Waals surface area contributed by atoms with Crippen LogP contribution in [0.1, 0.15) is 11.1 Å². The van der Waals surface area contributed by atoms with E-state index in [1.807, 2.05) is 0 Å². The zero-order valence-electron chi connectivity index (χ0n) is 7.83. The van der Waals surface area contributed by atoms with Crippen LogP contribution in [0.25, 0.3) is 0 Å². The lowest BCUT2D eigenvalue weighted by molar-refractivity contribution is 0.173. The summed E-state index contributed by atoms with van der Waals surface area (Å²) < 4.78 is 22.8. The first-order chi connectivity index (χ1) is 7.35. The van der Waals surface area contributed by atoms with Crippen LogP contribution in [0.3, 0.4) is 0 Å². The number of ether oxygens (including phenoxy) is 2. The highest BCUT2D eigenvalue weighted by molar-refractivity contribution is 5.51. The number of isocyanates is 1. The van der Waals surface area contributed by atoms with E-state index in [0.717, 1.165) is 0 Å². The predicted molar refractivity (Wildman–Crippen MR) is 49.2 cm³/mol. The molecule has 0 saturated heterocycles. The van der Waals surface area contributed by atoms with Crippen LogP contribution in [0.4, 0.5) is 4.39 Å². The number of rotatable bonds is 3. The van der Waals surface area contributed by atoms with Crippen molar-refractivity contribution in [2.24, 2.45) is 4.99 Å². The van der Waals surface area contributed by atoms with Gasteiger partial charge < -0.3 is 9.47 Å². The predicted octanol–water partition coefficient (Wildman–Crippen LogP) is 1.72. The van der Waals surface area contributed by atoms with Crippen molar-refractivity contribution in [2.45, 2.75) is 13.2 Å². The number of halogens is 1. The zero-order chi connectivity index (χ0) is 10.7. The first kappa shape index (κ1) is 9.68. The Morgan fingerprint density at radius 3 is 3.07 bits per heavy atom. The molecule has 0 radical (unpaired) electrons. The molecule has 2 rings (SSSR count). The third-order valence-electron chi connectivity index (χ3n) is 2.08. The van der Waals surface area contributed by atoms with Crippen molar-refractivity contribution in [3.8, 4) is 11.5 Å². The van der Waals surface area contributed by atoms with E-state index in [9.17, 15) is 9.18 Å². The van der Waals surface area contributed by atoms with Crippen LogP contribution in [-0.2, 0) is 18.0 Å². The second-order valence-corrected chi connectivity index (χ2v) is 3.03. The summed E-state index contributed by atoms with van der Waals surface area (Å²) >= 11 is 0. The third-order valence-corrected chi connectivity index (χ3v) is 2.08. The molecule has 0 unspecified atom stereocenters. The molecule has 15 heavy (non-hydrogen) atoms. The first-order valence-corrected chi connectivity index (χ1v) is 4.36. The lowest BCUT2D eigenvalue weighted by atomic mass is 10.1. The highest BCUT2D eigenvalue weighted by Crippen LogP contribution is 2.37. The van der Waals surface area contributed by atoms with E-state index in [2.05, 4.69) is 4.99 Å². The quantitative estimate of drug-likeness (QED) is 0.562. The SMILES string of the molecule is O=C=NCc1cc(CF)cc2c1OCO2. The maximum atomic E-state index is 12.5. The van der Waals surface area contributed by atoms with Crippen molar-refractivity contribution in [3.05, 3.63) is 23.3 Å². The zero-order valence-corrected chi connectivity index (χ0v) is 7.83. The Morgan fingerprint density at radius 2 is 2.33 bits per heavy atom. The van der Waals surface area contributed by atoms with Gasteiger partial charge in [0.2, 0.25) is 12.9 Å². The van der Waals surface area contributed by atoms with Crippen LogP contribution >= 0.6 is 0 Å². The van der Waals surface area contributed by atoms with Crippen molar-refractivity contribution in [1.29, 1.82) is 0 Å². The van der Waals surface area contributed by atoms with Crippen molar-refractivity contribution in [3.63, 3.8) is 0 Å². The standard InChI is InChI=1S/C10H8FNO3/c11-3-7-1-8(4-12-5-13)10-9(2-7)14-6-15-10/h1-2H,3-4,6H2. The topological polar surface area (TPSA) is 47.9 Å². The molecule has 0 atom stereocenters. The molecule has 0 bridgehead atoms. The summed E-state index contributed by atoms with van der Waals surface area (Å²) in [5.74, 6) is 1.03. The molecule has 0 spiro atoms. The lowest BCUT2D eigenvalue weighted by Gasteiger charge is -2.04. The van der Waals surface area contributed by atoms with Gasteiger partial charge in [0, 0.05) is 5.56 Å². The molecule has 78 valence electrons. The van der Waals surface area contributed by atoms with Gasteiger partial charge in [-0.25, -0.2) is 14.2 Å². The van der Waals surface area contributed by atoms with E-state index in [4.69, 9.17) is 9.47 Å². The van der Waals surface area contributed by atoms with Gasteiger partial charge in [-0.1, -0.05) is 0 Å². The van der Waals surface area contributed by atoms with Crippen molar-refractivity contribution < 1.29 is 18.7 Å². The Kier molecular flexibility index (Phi) is 2.65. The normalized spacial score (nSPS) is 12.3. The minimum atomic E-state index is -0.589. The molecule has 0 N–H and O–H groups in total. The Labute approximate surface area is 85.3 Å². The number of aliphatic imine (C=N–C) groups is 1. The van der Waals surface area contributed by atoms with Crippen molar-refractivity contribution in [2.75, 3.05) is 6.79 Å². The fourth-order valence-corrected chi connectivity index (χ4v) is 1.46. The van der Waals surface area contributed by atoms with Gasteiger partial charge >= 0.3 is 0 Å². The third kappa shape index (κ3) is 1.82. The lowest BCUT2D eigenvalue weighted by Crippen LogP contribution is -1.94. The van der Waals surface area contributed by atoms with Gasteiger partial charge in [0.05, 0.1) is 6.54 Å². The van der Waals surface area contributed by atoms with Crippen LogP contribution in [0.2, 0.25) is 0 Å². The van der Waals surface area contributed by atoms with Gasteiger partial charge in [0.1, 0.15) is 6.67 Å². The second-order valence-electron chi connectivity index (χ2n) is 3.03. The number of hydrogen-bond donors (Lipinski definition) is 0. The number of nitrogens with zero attached hydrogens (tertiary/aromatic N) is 1. The van der Waals surface area contributed by atoms with Crippen molar-refractivity contribution in [1.82, 2.24) is 0 Å². The summed E-state index contributed by atoms with van der Waals surface area (Å²) in [4.78, 5) is 13.4. The Balaban J connectivity index is 2.42. The molecule has 1 aromatic carbocycles. The van der Waals surface area contributed by atoms with E-state index >= 15 is 0 Å². The van der Waals surface area contributed by atoms with E-state index in [1.165, 1.54) is 6.08 Å². The second kappa shape index (κ2) is 4.11. The maximum Gasteiger partial charge on any atom is 0.235 e. The minimum Gasteiger partial charge on any atom is -0.454 e. The van der Waals surface area contributed by atoms with Gasteiger partial charge in [-0.05, 0) is 17.7 Å². The molecular formula is C10H8FNO3. The van der Waals surface area contributed by atoms with Crippen LogP contribution in [0.15, 0.2) is 17.1 Å². The molecule has 4 nitrogen and oxygen atoms in total. The summed E-state index contributed by atoms with van der Waals surface area (Å²) in [6, 6.07) is 3.19. The van der Waals surface area contributed by atoms with E-state index < -0.39 is 6.67 Å². The Bertz CT molecular complexity index is 427. The Morgan fingerprint density at radius 1 is 1.47 bits per heavy atom. The van der Waals surface area contributed by atoms with Crippen LogP contribution in [-0.4, -0.2) is 12.9 Å². The number of hydrogen-bond acceptors (Lipinski definition) is 4. The van der Waals surface area contributed by atoms with Gasteiger partial charge in [-0.15, -0.1) is 0 Å². The number of alkyl halides is 1. The number of carbonyl (C=O) groups excluding carboxylic acids is 1. The van der Waals surface area contributed by atoms with Gasteiger partial charge in [-0.3, -0.25) is 0 Å². The first-order valence-electron chi connectivity index (χ1n) is 4.36. The summed E-state index contributed by atoms with van der Waals surface area (Å²) in [6.45, 7) is -0.347. The van der Waals surface area contributed by atoms with Gasteiger partial charge in [-0.2, -0.15) is 0 Å². The smallest absolute Gasteiger partial charge is 0.235 e. The molecule has 0 amide bonds. The van der Waals surface area contributed by atoms with Gasteiger partial charge in [0.15, 0.2) is 11.5 Å². The summed E-state index contributed by atoms with van der Waals surface area (Å²) in [5, 5.41) is 0. The highest BCUT2D eigenvalue weighted by atomic mass is 19.1. The average Bonchev–Trinajstić information content (AvgIpc) is 2.73. The van der Waals surface area contributed by atoms with E-state index in [-0.39, 0.29) is 13.3 Å². The van der Waals surface area contributed by atoms with E-state index in [1.54, 1.807) is 12.1 Å². The molecule has 0 aliphatic carbocycles. The number of fused-ring (bicyclic) bond motifs is 1. The summed E-state index contributed by atoms with van der Waals surface area (Å²) in [5.41, 5.74) is 1.12.